The molecule has 0 heterocycles. The van der Waals surface area contributed by atoms with Gasteiger partial charge >= 0.3 is 0 Å². The normalized spacial score (nSPS) is 12.5. The second kappa shape index (κ2) is 5.74. The van der Waals surface area contributed by atoms with Crippen LogP contribution in [0.25, 0.3) is 0 Å². The average Bonchev–Trinajstić information content (AvgIpc) is 1.38. The second-order valence-electron chi connectivity index (χ2n) is 1.03. The van der Waals surface area contributed by atoms with Crippen molar-refractivity contribution < 1.29 is 10.2 Å². The first kappa shape index (κ1) is 9.88. The molecular formula is C3H8O2Sb. The van der Waals surface area contributed by atoms with Gasteiger partial charge in [0, 0.05) is 24.4 Å². The average molecular weight is 198 g/mol. The summed E-state index contributed by atoms with van der Waals surface area (Å²) < 4.78 is 0. The van der Waals surface area contributed by atoms with Gasteiger partial charge in [-0.05, 0) is 6.92 Å². The van der Waals surface area contributed by atoms with E-state index in [1.54, 1.807) is 0 Å². The molecule has 0 bridgehead atoms. The van der Waals surface area contributed by atoms with Crippen molar-refractivity contribution in [3.63, 3.8) is 0 Å². The molecule has 0 aliphatic rings. The van der Waals surface area contributed by atoms with Crippen LogP contribution in [0.1, 0.15) is 6.92 Å². The third kappa shape index (κ3) is 8.83. The minimum atomic E-state index is -0.560. The van der Waals surface area contributed by atoms with Gasteiger partial charge in [0.25, 0.3) is 0 Å². The standard InChI is InChI=1S/C3H8O2.Sb/c1-3(5)2-4;/h3-5H,2H2,1H3;. The Labute approximate surface area is 54.6 Å². The van der Waals surface area contributed by atoms with Crippen LogP contribution in [-0.2, 0) is 0 Å². The van der Waals surface area contributed by atoms with Crippen molar-refractivity contribution in [3.05, 3.63) is 0 Å². The molecular weight excluding hydrogens is 190 g/mol. The Hall–Kier alpha value is 0.738. The predicted molar refractivity (Wildman–Crippen MR) is 24.5 cm³/mol. The molecule has 2 N–H and O–H groups in total. The summed E-state index contributed by atoms with van der Waals surface area (Å²) in [5.74, 6) is 0. The van der Waals surface area contributed by atoms with Crippen LogP contribution >= 0.6 is 0 Å². The zero-order chi connectivity index (χ0) is 4.28. The van der Waals surface area contributed by atoms with Crippen LogP contribution < -0.4 is 0 Å². The molecule has 0 saturated heterocycles. The van der Waals surface area contributed by atoms with Crippen molar-refractivity contribution in [1.29, 1.82) is 0 Å². The molecule has 1 unspecified atom stereocenters. The summed E-state index contributed by atoms with van der Waals surface area (Å²) in [4.78, 5) is 0. The number of rotatable bonds is 1. The Morgan fingerprint density at radius 3 is 1.83 bits per heavy atom. The van der Waals surface area contributed by atoms with Gasteiger partial charge in [-0.15, -0.1) is 0 Å². The van der Waals surface area contributed by atoms with Gasteiger partial charge in [-0.25, -0.2) is 0 Å². The first-order chi connectivity index (χ1) is 2.27. The molecule has 2 nitrogen and oxygen atoms in total. The summed E-state index contributed by atoms with van der Waals surface area (Å²) in [6, 6.07) is 0. The van der Waals surface area contributed by atoms with E-state index in [0.29, 0.717) is 0 Å². The summed E-state index contributed by atoms with van der Waals surface area (Å²) in [6.07, 6.45) is -0.560. The van der Waals surface area contributed by atoms with E-state index in [1.165, 1.54) is 6.92 Å². The van der Waals surface area contributed by atoms with Crippen LogP contribution in [0.15, 0.2) is 0 Å². The minimum Gasteiger partial charge on any atom is -0.394 e. The molecule has 0 fully saturated rings. The van der Waals surface area contributed by atoms with Crippen LogP contribution in [0.4, 0.5) is 0 Å². The summed E-state index contributed by atoms with van der Waals surface area (Å²) in [5.41, 5.74) is 0. The van der Waals surface area contributed by atoms with Crippen LogP contribution in [0, 0.1) is 0 Å². The van der Waals surface area contributed by atoms with E-state index in [4.69, 9.17) is 10.2 Å². The van der Waals surface area contributed by atoms with E-state index < -0.39 is 6.10 Å². The van der Waals surface area contributed by atoms with E-state index >= 15 is 0 Å². The maximum Gasteiger partial charge on any atom is 0.0742 e. The molecule has 3 heteroatoms. The Morgan fingerprint density at radius 1 is 1.67 bits per heavy atom. The monoisotopic (exact) mass is 197 g/mol. The van der Waals surface area contributed by atoms with E-state index in [-0.39, 0.29) is 31.0 Å². The molecule has 1 atom stereocenters. The fourth-order valence-electron chi connectivity index (χ4n) is 0. The molecule has 0 rings (SSSR count). The first-order valence-electron chi connectivity index (χ1n) is 1.56. The molecule has 0 aliphatic carbocycles. The van der Waals surface area contributed by atoms with Crippen molar-refractivity contribution >= 4 is 24.4 Å². The molecule has 3 radical (unpaired) electrons. The van der Waals surface area contributed by atoms with E-state index in [9.17, 15) is 0 Å². The minimum absolute atomic E-state index is 0. The number of aliphatic hydroxyl groups is 2. The zero-order valence-corrected chi connectivity index (χ0v) is 6.18. The van der Waals surface area contributed by atoms with Gasteiger partial charge in [0.05, 0.1) is 12.7 Å². The summed E-state index contributed by atoms with van der Waals surface area (Å²) in [5, 5.41) is 16.0. The molecule has 0 spiro atoms. The molecule has 0 aliphatic heterocycles. The Morgan fingerprint density at radius 2 is 1.83 bits per heavy atom. The molecule has 37 valence electrons. The third-order valence-corrected chi connectivity index (χ3v) is 0.264. The number of aliphatic hydroxyl groups excluding tert-OH is 2. The van der Waals surface area contributed by atoms with Gasteiger partial charge in [-0.2, -0.15) is 0 Å². The van der Waals surface area contributed by atoms with Gasteiger partial charge < -0.3 is 10.2 Å². The molecule has 0 aromatic rings. The second-order valence-corrected chi connectivity index (χ2v) is 1.03. The maximum atomic E-state index is 8.11. The van der Waals surface area contributed by atoms with Crippen LogP contribution in [0.5, 0.6) is 0 Å². The number of hydrogen-bond acceptors (Lipinski definition) is 2. The van der Waals surface area contributed by atoms with Crippen LogP contribution in [0.3, 0.4) is 0 Å². The fraction of sp³-hybridized carbons (Fsp3) is 1.00. The smallest absolute Gasteiger partial charge is 0.0742 e. The first-order valence-corrected chi connectivity index (χ1v) is 1.56. The van der Waals surface area contributed by atoms with Crippen molar-refractivity contribution in [1.82, 2.24) is 0 Å². The van der Waals surface area contributed by atoms with E-state index in [2.05, 4.69) is 0 Å². The van der Waals surface area contributed by atoms with E-state index in [1.807, 2.05) is 0 Å². The fourth-order valence-corrected chi connectivity index (χ4v) is 0. The quantitative estimate of drug-likeness (QED) is 0.529. The summed E-state index contributed by atoms with van der Waals surface area (Å²) in [6.45, 7) is 1.39. The Kier molecular flexibility index (Phi) is 9.45. The molecule has 0 aromatic carbocycles. The van der Waals surface area contributed by atoms with Gasteiger partial charge in [-0.1, -0.05) is 0 Å². The predicted octanol–water partition coefficient (Wildman–Crippen LogP) is -1.02. The SMILES string of the molecule is CC(O)CO.[Sb]. The summed E-state index contributed by atoms with van der Waals surface area (Å²) >= 11 is 0. The number of hydrogen-bond donors (Lipinski definition) is 2. The largest absolute Gasteiger partial charge is 0.394 e. The third-order valence-electron chi connectivity index (χ3n) is 0.264. The Bertz CT molecular complexity index is 22.8. The molecule has 0 aromatic heterocycles. The van der Waals surface area contributed by atoms with Gasteiger partial charge in [0.1, 0.15) is 0 Å². The van der Waals surface area contributed by atoms with Crippen LogP contribution in [0.2, 0.25) is 0 Å². The van der Waals surface area contributed by atoms with Crippen molar-refractivity contribution in [2.24, 2.45) is 0 Å². The van der Waals surface area contributed by atoms with Crippen molar-refractivity contribution in [3.8, 4) is 0 Å². The zero-order valence-electron chi connectivity index (χ0n) is 3.63. The van der Waals surface area contributed by atoms with Crippen molar-refractivity contribution in [2.75, 3.05) is 6.61 Å². The van der Waals surface area contributed by atoms with E-state index in [0.717, 1.165) is 0 Å². The molecule has 0 amide bonds. The van der Waals surface area contributed by atoms with Gasteiger partial charge in [0.2, 0.25) is 0 Å². The Balaban J connectivity index is 0. The maximum absolute atomic E-state index is 8.11. The van der Waals surface area contributed by atoms with Crippen molar-refractivity contribution in [2.45, 2.75) is 13.0 Å². The van der Waals surface area contributed by atoms with Crippen LogP contribution in [-0.4, -0.2) is 47.4 Å². The molecule has 6 heavy (non-hydrogen) atoms. The van der Waals surface area contributed by atoms with Gasteiger partial charge in [-0.3, -0.25) is 0 Å². The summed E-state index contributed by atoms with van der Waals surface area (Å²) in [7, 11) is 0. The van der Waals surface area contributed by atoms with Gasteiger partial charge in [0.15, 0.2) is 0 Å². The topological polar surface area (TPSA) is 40.5 Å². The molecule has 0 saturated carbocycles.